The van der Waals surface area contributed by atoms with Gasteiger partial charge in [0, 0.05) is 8.59 Å². The van der Waals surface area contributed by atoms with Crippen LogP contribution in [0.1, 0.15) is 12.5 Å². The second-order valence-electron chi connectivity index (χ2n) is 6.91. The molecule has 0 heterocycles. The molecule has 0 aromatic heterocycles. The number of benzene rings is 3. The van der Waals surface area contributed by atoms with Crippen LogP contribution in [0.2, 0.25) is 5.02 Å². The van der Waals surface area contributed by atoms with Crippen molar-refractivity contribution in [3.8, 4) is 5.75 Å². The van der Waals surface area contributed by atoms with Crippen LogP contribution in [-0.4, -0.2) is 33.7 Å². The van der Waals surface area contributed by atoms with Crippen molar-refractivity contribution in [2.45, 2.75) is 11.8 Å². The molecule has 0 radical (unpaired) electrons. The first kappa shape index (κ1) is 25.0. The lowest BCUT2D eigenvalue weighted by Gasteiger charge is -2.24. The highest BCUT2D eigenvalue weighted by Crippen LogP contribution is 2.27. The molecule has 3 rings (SSSR count). The average molecular weight is 598 g/mol. The van der Waals surface area contributed by atoms with Crippen molar-refractivity contribution in [2.24, 2.45) is 5.10 Å². The predicted octanol–water partition coefficient (Wildman–Crippen LogP) is 4.69. The summed E-state index contributed by atoms with van der Waals surface area (Å²) in [6, 6.07) is 19.9. The first-order valence-corrected chi connectivity index (χ1v) is 12.6. The Morgan fingerprint density at radius 2 is 1.79 bits per heavy atom. The number of anilines is 1. The first-order valence-electron chi connectivity index (χ1n) is 9.72. The van der Waals surface area contributed by atoms with E-state index < -0.39 is 22.5 Å². The van der Waals surface area contributed by atoms with E-state index >= 15 is 0 Å². The molecule has 1 N–H and O–H groups in total. The van der Waals surface area contributed by atoms with E-state index in [1.54, 1.807) is 25.1 Å². The van der Waals surface area contributed by atoms with Gasteiger partial charge in [-0.3, -0.25) is 9.10 Å². The maximum absolute atomic E-state index is 13.4. The summed E-state index contributed by atoms with van der Waals surface area (Å²) in [5.41, 5.74) is 4.14. The van der Waals surface area contributed by atoms with Gasteiger partial charge in [0.05, 0.1) is 23.4 Å². The topological polar surface area (TPSA) is 88.1 Å². The van der Waals surface area contributed by atoms with Gasteiger partial charge >= 0.3 is 0 Å². The summed E-state index contributed by atoms with van der Waals surface area (Å²) in [7, 11) is -2.59. The van der Waals surface area contributed by atoms with E-state index in [4.69, 9.17) is 16.3 Å². The van der Waals surface area contributed by atoms with Gasteiger partial charge in [0.15, 0.2) is 0 Å². The summed E-state index contributed by atoms with van der Waals surface area (Å²) in [4.78, 5) is 12.7. The minimum absolute atomic E-state index is 0.00891. The molecule has 0 aliphatic carbocycles. The van der Waals surface area contributed by atoms with E-state index in [1.165, 1.54) is 37.4 Å². The second kappa shape index (κ2) is 11.0. The number of hydrogen-bond acceptors (Lipinski definition) is 5. The third-order valence-corrected chi connectivity index (χ3v) is 7.32. The predicted molar refractivity (Wildman–Crippen MR) is 138 cm³/mol. The zero-order chi connectivity index (χ0) is 24.0. The molecule has 0 saturated heterocycles. The Bertz CT molecular complexity index is 1280. The van der Waals surface area contributed by atoms with Gasteiger partial charge < -0.3 is 4.74 Å². The van der Waals surface area contributed by atoms with Crippen LogP contribution in [0.4, 0.5) is 5.69 Å². The van der Waals surface area contributed by atoms with E-state index in [2.05, 4.69) is 33.1 Å². The SMILES string of the molecule is COc1ccc(S(=O)(=O)N(CC(=O)N/N=C(/C)c2cccc(I)c2)c2cccc(Cl)c2)cc1. The Hall–Kier alpha value is -2.63. The minimum Gasteiger partial charge on any atom is -0.497 e. The highest BCUT2D eigenvalue weighted by molar-refractivity contribution is 14.1. The van der Waals surface area contributed by atoms with Crippen molar-refractivity contribution in [2.75, 3.05) is 18.0 Å². The Morgan fingerprint density at radius 1 is 1.09 bits per heavy atom. The number of nitrogens with zero attached hydrogens (tertiary/aromatic N) is 2. The van der Waals surface area contributed by atoms with E-state index in [-0.39, 0.29) is 10.6 Å². The third kappa shape index (κ3) is 6.46. The van der Waals surface area contributed by atoms with E-state index in [0.29, 0.717) is 16.5 Å². The van der Waals surface area contributed by atoms with Crippen molar-refractivity contribution in [1.82, 2.24) is 5.43 Å². The van der Waals surface area contributed by atoms with Crippen LogP contribution >= 0.6 is 34.2 Å². The minimum atomic E-state index is -4.08. The standard InChI is InChI=1S/C23H21ClIN3O4S/c1-16(17-5-3-7-19(25)13-17)26-27-23(29)15-28(20-8-4-6-18(24)14-20)33(30,31)22-11-9-21(32-2)10-12-22/h3-14H,15H2,1-2H3,(H,27,29)/b26-16-. The lowest BCUT2D eigenvalue weighted by Crippen LogP contribution is -2.39. The van der Waals surface area contributed by atoms with Crippen molar-refractivity contribution in [1.29, 1.82) is 0 Å². The van der Waals surface area contributed by atoms with Gasteiger partial charge in [-0.1, -0.05) is 29.8 Å². The largest absolute Gasteiger partial charge is 0.497 e. The number of amides is 1. The Morgan fingerprint density at radius 3 is 2.42 bits per heavy atom. The van der Waals surface area contributed by atoms with E-state index in [9.17, 15) is 13.2 Å². The van der Waals surface area contributed by atoms with Crippen molar-refractivity contribution in [3.63, 3.8) is 0 Å². The molecular formula is C23H21ClIN3O4S. The fraction of sp³-hybridized carbons (Fsp3) is 0.130. The molecule has 10 heteroatoms. The van der Waals surface area contributed by atoms with Crippen molar-refractivity contribution < 1.29 is 17.9 Å². The van der Waals surface area contributed by atoms with Gasteiger partial charge in [0.1, 0.15) is 12.3 Å². The van der Waals surface area contributed by atoms with Crippen LogP contribution in [-0.2, 0) is 14.8 Å². The molecule has 33 heavy (non-hydrogen) atoms. The van der Waals surface area contributed by atoms with Gasteiger partial charge in [-0.15, -0.1) is 0 Å². The monoisotopic (exact) mass is 597 g/mol. The number of hydrogen-bond donors (Lipinski definition) is 1. The third-order valence-electron chi connectivity index (χ3n) is 4.62. The van der Waals surface area contributed by atoms with Crippen LogP contribution in [0.15, 0.2) is 82.8 Å². The highest BCUT2D eigenvalue weighted by atomic mass is 127. The summed E-state index contributed by atoms with van der Waals surface area (Å²) in [5, 5.41) is 4.47. The number of rotatable bonds is 8. The molecule has 3 aromatic rings. The average Bonchev–Trinajstić information content (AvgIpc) is 2.81. The number of ether oxygens (including phenoxy) is 1. The van der Waals surface area contributed by atoms with E-state index in [0.717, 1.165) is 13.4 Å². The van der Waals surface area contributed by atoms with Gasteiger partial charge in [0.25, 0.3) is 15.9 Å². The summed E-state index contributed by atoms with van der Waals surface area (Å²) in [6.07, 6.45) is 0. The van der Waals surface area contributed by atoms with Crippen molar-refractivity contribution in [3.05, 3.63) is 87.0 Å². The van der Waals surface area contributed by atoms with Crippen LogP contribution < -0.4 is 14.5 Å². The molecule has 1 amide bonds. The second-order valence-corrected chi connectivity index (χ2v) is 10.5. The molecule has 0 fully saturated rings. The molecule has 172 valence electrons. The lowest BCUT2D eigenvalue weighted by atomic mass is 10.1. The molecule has 0 aliphatic heterocycles. The van der Waals surface area contributed by atoms with Crippen LogP contribution in [0.5, 0.6) is 5.75 Å². The van der Waals surface area contributed by atoms with Gasteiger partial charge in [0.2, 0.25) is 0 Å². The molecule has 0 unspecified atom stereocenters. The Balaban J connectivity index is 1.88. The molecule has 0 aliphatic rings. The van der Waals surface area contributed by atoms with Gasteiger partial charge in [-0.25, -0.2) is 13.8 Å². The number of nitrogens with one attached hydrogen (secondary N) is 1. The van der Waals surface area contributed by atoms with Crippen LogP contribution in [0, 0.1) is 3.57 Å². The number of hydrazone groups is 1. The van der Waals surface area contributed by atoms with E-state index in [1.807, 2.05) is 24.3 Å². The molecule has 0 saturated carbocycles. The highest BCUT2D eigenvalue weighted by Gasteiger charge is 2.27. The Labute approximate surface area is 211 Å². The number of halogens is 2. The summed E-state index contributed by atoms with van der Waals surface area (Å²) in [5.74, 6) is -0.0848. The summed E-state index contributed by atoms with van der Waals surface area (Å²) in [6.45, 7) is 1.27. The fourth-order valence-corrected chi connectivity index (χ4v) is 5.05. The molecular weight excluding hydrogens is 577 g/mol. The van der Waals surface area contributed by atoms with Gasteiger partial charge in [-0.05, 0) is 89.7 Å². The molecule has 0 spiro atoms. The first-order chi connectivity index (χ1) is 15.7. The zero-order valence-electron chi connectivity index (χ0n) is 17.8. The quantitative estimate of drug-likeness (QED) is 0.232. The normalized spacial score (nSPS) is 11.7. The lowest BCUT2D eigenvalue weighted by molar-refractivity contribution is -0.119. The summed E-state index contributed by atoms with van der Waals surface area (Å²) >= 11 is 8.27. The number of carbonyl (C=O) groups is 1. The molecule has 7 nitrogen and oxygen atoms in total. The Kier molecular flexibility index (Phi) is 8.33. The van der Waals surface area contributed by atoms with Crippen molar-refractivity contribution >= 4 is 61.5 Å². The van der Waals surface area contributed by atoms with Crippen LogP contribution in [0.25, 0.3) is 0 Å². The zero-order valence-corrected chi connectivity index (χ0v) is 21.6. The number of sulfonamides is 1. The molecule has 0 bridgehead atoms. The maximum Gasteiger partial charge on any atom is 0.264 e. The molecule has 0 atom stereocenters. The summed E-state index contributed by atoms with van der Waals surface area (Å²) < 4.78 is 33.9. The van der Waals surface area contributed by atoms with Crippen LogP contribution in [0.3, 0.4) is 0 Å². The number of methoxy groups -OCH3 is 1. The smallest absolute Gasteiger partial charge is 0.264 e. The number of carbonyl (C=O) groups excluding carboxylic acids is 1. The molecule has 3 aromatic carbocycles. The fourth-order valence-electron chi connectivity index (χ4n) is 2.91. The van der Waals surface area contributed by atoms with Gasteiger partial charge in [-0.2, -0.15) is 5.10 Å². The maximum atomic E-state index is 13.4.